The Labute approximate surface area is 176 Å². The number of hydrogen-bond acceptors (Lipinski definition) is 3. The Bertz CT molecular complexity index is 1130. The maximum absolute atomic E-state index is 12.5. The molecule has 0 aliphatic heterocycles. The Morgan fingerprint density at radius 2 is 1.70 bits per heavy atom. The molecule has 5 nitrogen and oxygen atoms in total. The Hall–Kier alpha value is -3.73. The fourth-order valence-corrected chi connectivity index (χ4v) is 3.52. The number of aromatic nitrogens is 1. The highest BCUT2D eigenvalue weighted by molar-refractivity contribution is 5.92. The molecule has 1 aromatic heterocycles. The zero-order valence-corrected chi connectivity index (χ0v) is 17.1. The van der Waals surface area contributed by atoms with Gasteiger partial charge in [-0.1, -0.05) is 30.3 Å². The molecule has 1 atom stereocenters. The van der Waals surface area contributed by atoms with Crippen molar-refractivity contribution in [3.63, 3.8) is 0 Å². The predicted octanol–water partition coefficient (Wildman–Crippen LogP) is 5.46. The topological polar surface area (TPSA) is 55.3 Å². The number of nitrogens with zero attached hydrogens (tertiary/aromatic N) is 1. The Kier molecular flexibility index (Phi) is 5.70. The second kappa shape index (κ2) is 8.74. The molecule has 5 heteroatoms. The van der Waals surface area contributed by atoms with Gasteiger partial charge in [0.25, 0.3) is 0 Å². The highest BCUT2D eigenvalue weighted by atomic mass is 16.5. The van der Waals surface area contributed by atoms with Crippen LogP contribution < -0.4 is 15.4 Å². The van der Waals surface area contributed by atoms with Gasteiger partial charge in [-0.15, -0.1) is 0 Å². The van der Waals surface area contributed by atoms with Gasteiger partial charge in [0, 0.05) is 34.5 Å². The average Bonchev–Trinajstić information content (AvgIpc) is 3.17. The molecule has 0 saturated heterocycles. The first-order valence-corrected chi connectivity index (χ1v) is 9.96. The summed E-state index contributed by atoms with van der Waals surface area (Å²) < 4.78 is 7.19. The second-order valence-corrected chi connectivity index (χ2v) is 7.27. The Morgan fingerprint density at radius 3 is 2.43 bits per heavy atom. The van der Waals surface area contributed by atoms with Gasteiger partial charge in [0.1, 0.15) is 12.3 Å². The van der Waals surface area contributed by atoms with Crippen LogP contribution in [0.3, 0.4) is 0 Å². The van der Waals surface area contributed by atoms with Crippen molar-refractivity contribution in [2.45, 2.75) is 19.5 Å². The Balaban J connectivity index is 1.37. The van der Waals surface area contributed by atoms with Gasteiger partial charge in [-0.05, 0) is 61.0 Å². The number of anilines is 2. The lowest BCUT2D eigenvalue weighted by Gasteiger charge is -2.16. The summed E-state index contributed by atoms with van der Waals surface area (Å²) in [5.41, 5.74) is 4.01. The van der Waals surface area contributed by atoms with E-state index in [-0.39, 0.29) is 18.5 Å². The Morgan fingerprint density at radius 1 is 0.967 bits per heavy atom. The first-order chi connectivity index (χ1) is 14.6. The first kappa shape index (κ1) is 19.6. The molecule has 4 aromatic rings. The molecule has 0 bridgehead atoms. The zero-order chi connectivity index (χ0) is 20.9. The number of rotatable bonds is 7. The molecule has 2 N–H and O–H groups in total. The molecule has 30 heavy (non-hydrogen) atoms. The summed E-state index contributed by atoms with van der Waals surface area (Å²) in [6.45, 7) is 2.38. The van der Waals surface area contributed by atoms with Gasteiger partial charge in [-0.3, -0.25) is 4.79 Å². The van der Waals surface area contributed by atoms with Gasteiger partial charge >= 0.3 is 0 Å². The maximum Gasteiger partial charge on any atom is 0.244 e. The number of fused-ring (bicyclic) bond motifs is 1. The zero-order valence-electron chi connectivity index (χ0n) is 17.1. The summed E-state index contributed by atoms with van der Waals surface area (Å²) in [7, 11) is 1.65. The molecular formula is C25H25N3O2. The molecule has 0 fully saturated rings. The van der Waals surface area contributed by atoms with E-state index >= 15 is 0 Å². The quantitative estimate of drug-likeness (QED) is 0.434. The van der Waals surface area contributed by atoms with Crippen LogP contribution in [0.15, 0.2) is 85.1 Å². The summed E-state index contributed by atoms with van der Waals surface area (Å²) in [6.07, 6.45) is 1.92. The van der Waals surface area contributed by atoms with Gasteiger partial charge in [0.05, 0.1) is 7.11 Å². The number of carbonyl (C=O) groups excluding carboxylic acids is 1. The van der Waals surface area contributed by atoms with E-state index < -0.39 is 0 Å². The van der Waals surface area contributed by atoms with E-state index in [0.717, 1.165) is 28.0 Å². The van der Waals surface area contributed by atoms with Gasteiger partial charge < -0.3 is 19.9 Å². The molecule has 3 aromatic carbocycles. The van der Waals surface area contributed by atoms with Gasteiger partial charge in [-0.2, -0.15) is 0 Å². The van der Waals surface area contributed by atoms with Crippen LogP contribution in [-0.4, -0.2) is 17.6 Å². The van der Waals surface area contributed by atoms with E-state index in [1.165, 1.54) is 5.56 Å². The lowest BCUT2D eigenvalue weighted by molar-refractivity contribution is -0.116. The molecule has 0 radical (unpaired) electrons. The summed E-state index contributed by atoms with van der Waals surface area (Å²) in [6, 6.07) is 26.1. The minimum Gasteiger partial charge on any atom is -0.497 e. The van der Waals surface area contributed by atoms with Crippen LogP contribution in [0.2, 0.25) is 0 Å². The lowest BCUT2D eigenvalue weighted by Crippen LogP contribution is -2.18. The molecule has 152 valence electrons. The summed E-state index contributed by atoms with van der Waals surface area (Å²) in [5.74, 6) is 0.738. The normalized spacial score (nSPS) is 11.8. The van der Waals surface area contributed by atoms with Crippen molar-refractivity contribution < 1.29 is 9.53 Å². The van der Waals surface area contributed by atoms with Crippen LogP contribution in [0.4, 0.5) is 11.4 Å². The molecule has 1 amide bonds. The third-order valence-corrected chi connectivity index (χ3v) is 5.14. The lowest BCUT2D eigenvalue weighted by atomic mass is 10.1. The van der Waals surface area contributed by atoms with Gasteiger partial charge in [-0.25, -0.2) is 0 Å². The molecular weight excluding hydrogens is 374 g/mol. The van der Waals surface area contributed by atoms with Crippen molar-refractivity contribution >= 4 is 28.2 Å². The molecule has 0 spiro atoms. The van der Waals surface area contributed by atoms with E-state index in [4.69, 9.17) is 4.74 Å². The fraction of sp³-hybridized carbons (Fsp3) is 0.160. The molecule has 0 aliphatic carbocycles. The van der Waals surface area contributed by atoms with Crippen LogP contribution in [0.5, 0.6) is 5.75 Å². The third-order valence-electron chi connectivity index (χ3n) is 5.14. The second-order valence-electron chi connectivity index (χ2n) is 7.27. The summed E-state index contributed by atoms with van der Waals surface area (Å²) >= 11 is 0. The standard InChI is InChI=1S/C25H25N3O2/c1-18(19-6-4-3-5-7-19)26-21-8-10-22(11-9-21)27-25(29)17-28-15-14-20-16-23(30-2)12-13-24(20)28/h3-16,18,26H,17H2,1-2H3,(H,27,29). The first-order valence-electron chi connectivity index (χ1n) is 9.96. The van der Waals surface area contributed by atoms with Crippen molar-refractivity contribution in [3.05, 3.63) is 90.6 Å². The van der Waals surface area contributed by atoms with Crippen molar-refractivity contribution in [2.24, 2.45) is 0 Å². The molecule has 0 saturated carbocycles. The maximum atomic E-state index is 12.5. The van der Waals surface area contributed by atoms with Crippen molar-refractivity contribution in [2.75, 3.05) is 17.7 Å². The number of ether oxygens (including phenoxy) is 1. The highest BCUT2D eigenvalue weighted by Gasteiger charge is 2.09. The monoisotopic (exact) mass is 399 g/mol. The number of amides is 1. The van der Waals surface area contributed by atoms with Crippen LogP contribution >= 0.6 is 0 Å². The number of nitrogens with one attached hydrogen (secondary N) is 2. The number of methoxy groups -OCH3 is 1. The van der Waals surface area contributed by atoms with Crippen molar-refractivity contribution in [3.8, 4) is 5.75 Å². The molecule has 4 rings (SSSR count). The van der Waals surface area contributed by atoms with Crippen LogP contribution in [-0.2, 0) is 11.3 Å². The van der Waals surface area contributed by atoms with E-state index in [1.54, 1.807) is 7.11 Å². The van der Waals surface area contributed by atoms with Crippen LogP contribution in [0, 0.1) is 0 Å². The van der Waals surface area contributed by atoms with E-state index in [2.05, 4.69) is 29.7 Å². The van der Waals surface area contributed by atoms with Crippen molar-refractivity contribution in [1.82, 2.24) is 4.57 Å². The molecule has 1 unspecified atom stereocenters. The van der Waals surface area contributed by atoms with Gasteiger partial charge in [0.2, 0.25) is 5.91 Å². The molecule has 0 aliphatic rings. The SMILES string of the molecule is COc1ccc2c(ccn2CC(=O)Nc2ccc(NC(C)c3ccccc3)cc2)c1. The number of carbonyl (C=O) groups is 1. The molecule has 1 heterocycles. The van der Waals surface area contributed by atoms with E-state index in [0.29, 0.717) is 0 Å². The van der Waals surface area contributed by atoms with E-state index in [1.807, 2.05) is 77.5 Å². The smallest absolute Gasteiger partial charge is 0.244 e. The van der Waals surface area contributed by atoms with Crippen molar-refractivity contribution in [1.29, 1.82) is 0 Å². The predicted molar refractivity (Wildman–Crippen MR) is 122 cm³/mol. The minimum absolute atomic E-state index is 0.0679. The number of benzene rings is 3. The van der Waals surface area contributed by atoms with E-state index in [9.17, 15) is 4.79 Å². The summed E-state index contributed by atoms with van der Waals surface area (Å²) in [4.78, 5) is 12.5. The average molecular weight is 399 g/mol. The largest absolute Gasteiger partial charge is 0.497 e. The van der Waals surface area contributed by atoms with Crippen LogP contribution in [0.25, 0.3) is 10.9 Å². The third kappa shape index (κ3) is 4.46. The fourth-order valence-electron chi connectivity index (χ4n) is 3.52. The minimum atomic E-state index is -0.0679. The van der Waals surface area contributed by atoms with Gasteiger partial charge in [0.15, 0.2) is 0 Å². The number of hydrogen-bond donors (Lipinski definition) is 2. The highest BCUT2D eigenvalue weighted by Crippen LogP contribution is 2.23. The van der Waals surface area contributed by atoms with Crippen LogP contribution in [0.1, 0.15) is 18.5 Å². The summed E-state index contributed by atoms with van der Waals surface area (Å²) in [5, 5.41) is 7.49.